The van der Waals surface area contributed by atoms with E-state index in [2.05, 4.69) is 10.6 Å². The van der Waals surface area contributed by atoms with Crippen LogP contribution in [0.5, 0.6) is 0 Å². The third-order valence-electron chi connectivity index (χ3n) is 4.80. The molecular weight excluding hydrogens is 410 g/mol. The van der Waals surface area contributed by atoms with E-state index >= 15 is 0 Å². The zero-order valence-electron chi connectivity index (χ0n) is 16.9. The fraction of sp³-hybridized carbons (Fsp3) is 0.0800. The summed E-state index contributed by atoms with van der Waals surface area (Å²) in [7, 11) is 0. The van der Waals surface area contributed by atoms with Crippen LogP contribution in [-0.2, 0) is 11.3 Å². The zero-order chi connectivity index (χ0) is 21.8. The number of halogens is 1. The summed E-state index contributed by atoms with van der Waals surface area (Å²) in [6.45, 7) is 1.84. The molecule has 0 aliphatic carbocycles. The van der Waals surface area contributed by atoms with Gasteiger partial charge in [0, 0.05) is 35.1 Å². The van der Waals surface area contributed by atoms with Crippen LogP contribution in [0, 0.1) is 0 Å². The highest BCUT2D eigenvalue weighted by molar-refractivity contribution is 6.30. The Morgan fingerprint density at radius 2 is 1.71 bits per heavy atom. The van der Waals surface area contributed by atoms with E-state index in [1.54, 1.807) is 12.1 Å². The highest BCUT2D eigenvalue weighted by Crippen LogP contribution is 2.26. The molecule has 0 aliphatic heterocycles. The van der Waals surface area contributed by atoms with Gasteiger partial charge in [0.15, 0.2) is 0 Å². The van der Waals surface area contributed by atoms with Gasteiger partial charge in [0.05, 0.1) is 16.8 Å². The van der Waals surface area contributed by atoms with Gasteiger partial charge in [-0.1, -0.05) is 54.1 Å². The van der Waals surface area contributed by atoms with Crippen molar-refractivity contribution in [2.45, 2.75) is 13.5 Å². The topological polar surface area (TPSA) is 71.1 Å². The van der Waals surface area contributed by atoms with Crippen molar-refractivity contribution in [2.24, 2.45) is 0 Å². The van der Waals surface area contributed by atoms with Crippen molar-refractivity contribution >= 4 is 40.0 Å². The van der Waals surface area contributed by atoms with E-state index in [9.17, 15) is 9.59 Å². The molecule has 0 spiro atoms. The molecule has 4 rings (SSSR count). The lowest BCUT2D eigenvalue weighted by Crippen LogP contribution is -2.23. The molecule has 5 nitrogen and oxygen atoms in total. The lowest BCUT2D eigenvalue weighted by atomic mass is 10.0. The number of hydrogen-bond donors (Lipinski definition) is 2. The van der Waals surface area contributed by atoms with Crippen LogP contribution in [0.2, 0.25) is 5.02 Å². The number of hydrogen-bond acceptors (Lipinski definition) is 3. The molecule has 0 aliphatic rings. The molecule has 0 fully saturated rings. The Morgan fingerprint density at radius 1 is 0.935 bits per heavy atom. The number of nitrogens with one attached hydrogen (secondary N) is 2. The number of benzene rings is 3. The first-order chi connectivity index (χ1) is 15.0. The second-order valence-corrected chi connectivity index (χ2v) is 7.58. The SMILES string of the molecule is CC(=O)Nc1ccc(-c2cc(C(=O)NCc3cccc(Cl)c3)c3ccccc3n2)cc1. The molecule has 154 valence electrons. The molecule has 4 aromatic rings. The van der Waals surface area contributed by atoms with Crippen LogP contribution in [0.1, 0.15) is 22.8 Å². The molecule has 2 N–H and O–H groups in total. The molecule has 31 heavy (non-hydrogen) atoms. The molecule has 0 saturated heterocycles. The first-order valence-corrected chi connectivity index (χ1v) is 10.2. The summed E-state index contributed by atoms with van der Waals surface area (Å²) in [6.07, 6.45) is 0. The maximum absolute atomic E-state index is 13.1. The fourth-order valence-electron chi connectivity index (χ4n) is 3.36. The third-order valence-corrected chi connectivity index (χ3v) is 5.04. The average Bonchev–Trinajstić information content (AvgIpc) is 2.77. The molecule has 0 bridgehead atoms. The molecule has 3 aromatic carbocycles. The normalized spacial score (nSPS) is 10.6. The number of para-hydroxylation sites is 1. The van der Waals surface area contributed by atoms with Gasteiger partial charge in [-0.15, -0.1) is 0 Å². The minimum Gasteiger partial charge on any atom is -0.348 e. The van der Waals surface area contributed by atoms with Gasteiger partial charge in [-0.2, -0.15) is 0 Å². The standard InChI is InChI=1S/C25H20ClN3O2/c1-16(30)28-20-11-9-18(10-12-20)24-14-22(21-7-2-3-8-23(21)29-24)25(31)27-15-17-5-4-6-19(26)13-17/h2-14H,15H2,1H3,(H,27,31)(H,28,30). The van der Waals surface area contributed by atoms with Crippen molar-refractivity contribution in [3.05, 3.63) is 95.0 Å². The van der Waals surface area contributed by atoms with Gasteiger partial charge < -0.3 is 10.6 Å². The van der Waals surface area contributed by atoms with Crippen LogP contribution in [-0.4, -0.2) is 16.8 Å². The molecule has 6 heteroatoms. The van der Waals surface area contributed by atoms with Crippen molar-refractivity contribution in [1.29, 1.82) is 0 Å². The Kier molecular flexibility index (Phi) is 5.96. The predicted octanol–water partition coefficient (Wildman–Crippen LogP) is 5.44. The number of pyridine rings is 1. The minimum atomic E-state index is -0.185. The van der Waals surface area contributed by atoms with Crippen LogP contribution in [0.4, 0.5) is 5.69 Å². The van der Waals surface area contributed by atoms with E-state index in [4.69, 9.17) is 16.6 Å². The Balaban J connectivity index is 1.66. The Morgan fingerprint density at radius 3 is 2.45 bits per heavy atom. The van der Waals surface area contributed by atoms with Crippen LogP contribution < -0.4 is 10.6 Å². The Hall–Kier alpha value is -3.70. The molecular formula is C25H20ClN3O2. The van der Waals surface area contributed by atoms with E-state index in [0.29, 0.717) is 28.5 Å². The van der Waals surface area contributed by atoms with E-state index < -0.39 is 0 Å². The van der Waals surface area contributed by atoms with E-state index in [1.165, 1.54) is 6.92 Å². The van der Waals surface area contributed by atoms with Gasteiger partial charge in [0.1, 0.15) is 0 Å². The second-order valence-electron chi connectivity index (χ2n) is 7.14. The summed E-state index contributed by atoms with van der Waals surface area (Å²) in [5.74, 6) is -0.315. The molecule has 0 radical (unpaired) electrons. The lowest BCUT2D eigenvalue weighted by molar-refractivity contribution is -0.114. The first-order valence-electron chi connectivity index (χ1n) is 9.80. The number of nitrogens with zero attached hydrogens (tertiary/aromatic N) is 1. The Labute approximate surface area is 185 Å². The quantitative estimate of drug-likeness (QED) is 0.443. The predicted molar refractivity (Wildman–Crippen MR) is 124 cm³/mol. The summed E-state index contributed by atoms with van der Waals surface area (Å²) >= 11 is 6.04. The van der Waals surface area contributed by atoms with E-state index in [-0.39, 0.29) is 11.8 Å². The fourth-order valence-corrected chi connectivity index (χ4v) is 3.58. The third kappa shape index (κ3) is 4.90. The minimum absolute atomic E-state index is 0.129. The number of rotatable bonds is 5. The molecule has 0 atom stereocenters. The van der Waals surface area contributed by atoms with Crippen LogP contribution >= 0.6 is 11.6 Å². The van der Waals surface area contributed by atoms with Crippen LogP contribution in [0.15, 0.2) is 78.9 Å². The largest absolute Gasteiger partial charge is 0.348 e. The summed E-state index contributed by atoms with van der Waals surface area (Å²) in [4.78, 5) is 29.0. The van der Waals surface area contributed by atoms with Gasteiger partial charge >= 0.3 is 0 Å². The maximum Gasteiger partial charge on any atom is 0.252 e. The second kappa shape index (κ2) is 8.98. The summed E-state index contributed by atoms with van der Waals surface area (Å²) in [5, 5.41) is 7.13. The summed E-state index contributed by atoms with van der Waals surface area (Å²) < 4.78 is 0. The number of fused-ring (bicyclic) bond motifs is 1. The number of aromatic nitrogens is 1. The smallest absolute Gasteiger partial charge is 0.252 e. The van der Waals surface area contributed by atoms with Crippen LogP contribution in [0.3, 0.4) is 0 Å². The van der Waals surface area contributed by atoms with Crippen molar-refractivity contribution < 1.29 is 9.59 Å². The highest BCUT2D eigenvalue weighted by Gasteiger charge is 2.14. The van der Waals surface area contributed by atoms with Crippen molar-refractivity contribution in [3.8, 4) is 11.3 Å². The van der Waals surface area contributed by atoms with Gasteiger partial charge in [0.2, 0.25) is 5.91 Å². The van der Waals surface area contributed by atoms with Gasteiger partial charge in [-0.05, 0) is 42.0 Å². The average molecular weight is 430 g/mol. The highest BCUT2D eigenvalue weighted by atomic mass is 35.5. The Bertz CT molecular complexity index is 1270. The van der Waals surface area contributed by atoms with Crippen molar-refractivity contribution in [2.75, 3.05) is 5.32 Å². The zero-order valence-corrected chi connectivity index (χ0v) is 17.6. The van der Waals surface area contributed by atoms with Gasteiger partial charge in [-0.3, -0.25) is 9.59 Å². The van der Waals surface area contributed by atoms with Gasteiger partial charge in [-0.25, -0.2) is 4.98 Å². The lowest BCUT2D eigenvalue weighted by Gasteiger charge is -2.11. The van der Waals surface area contributed by atoms with Gasteiger partial charge in [0.25, 0.3) is 5.91 Å². The first kappa shape index (κ1) is 20.6. The number of carbonyl (C=O) groups is 2. The molecule has 0 saturated carbocycles. The molecule has 1 aromatic heterocycles. The summed E-state index contributed by atoms with van der Waals surface area (Å²) in [5.41, 5.74) is 4.45. The number of anilines is 1. The van der Waals surface area contributed by atoms with Crippen molar-refractivity contribution in [1.82, 2.24) is 10.3 Å². The van der Waals surface area contributed by atoms with E-state index in [0.717, 1.165) is 22.0 Å². The van der Waals surface area contributed by atoms with Crippen LogP contribution in [0.25, 0.3) is 22.2 Å². The number of amides is 2. The molecule has 0 unspecified atom stereocenters. The molecule has 1 heterocycles. The number of carbonyl (C=O) groups excluding carboxylic acids is 2. The molecule has 2 amide bonds. The monoisotopic (exact) mass is 429 g/mol. The summed E-state index contributed by atoms with van der Waals surface area (Å²) in [6, 6.07) is 24.1. The maximum atomic E-state index is 13.1. The van der Waals surface area contributed by atoms with E-state index in [1.807, 2.05) is 66.7 Å². The van der Waals surface area contributed by atoms with Crippen molar-refractivity contribution in [3.63, 3.8) is 0 Å².